The van der Waals surface area contributed by atoms with Crippen LogP contribution in [0.2, 0.25) is 0 Å². The summed E-state index contributed by atoms with van der Waals surface area (Å²) in [6.45, 7) is 0. The highest BCUT2D eigenvalue weighted by Crippen LogP contribution is 2.32. The first-order chi connectivity index (χ1) is 10.6. The number of hydrogen-bond donors (Lipinski definition) is 0. The van der Waals surface area contributed by atoms with Gasteiger partial charge in [0.25, 0.3) is 0 Å². The summed E-state index contributed by atoms with van der Waals surface area (Å²) in [4.78, 5) is 24.3. The van der Waals surface area contributed by atoms with Gasteiger partial charge in [-0.1, -0.05) is 6.42 Å². The quantitative estimate of drug-likeness (QED) is 0.299. The van der Waals surface area contributed by atoms with Gasteiger partial charge in [0.1, 0.15) is 0 Å². The van der Waals surface area contributed by atoms with Crippen molar-refractivity contribution >= 4 is 11.9 Å². The molecule has 118 valence electrons. The fraction of sp³-hybridized carbons (Fsp3) is 0.556. The maximum absolute atomic E-state index is 12.2. The van der Waals surface area contributed by atoms with Gasteiger partial charge in [-0.15, -0.1) is 36.5 Å². The lowest BCUT2D eigenvalue weighted by molar-refractivity contribution is -0.169. The van der Waals surface area contributed by atoms with Crippen molar-refractivity contribution in [2.24, 2.45) is 5.41 Å². The summed E-state index contributed by atoms with van der Waals surface area (Å²) in [7, 11) is 2.49. The topological polar surface area (TPSA) is 52.6 Å². The molecule has 4 nitrogen and oxygen atoms in total. The molecule has 0 aliphatic carbocycles. The predicted octanol–water partition coefficient (Wildman–Crippen LogP) is 2.32. The van der Waals surface area contributed by atoms with Crippen LogP contribution < -0.4 is 0 Å². The van der Waals surface area contributed by atoms with Gasteiger partial charge in [-0.2, -0.15) is 0 Å². The molecule has 0 radical (unpaired) electrons. The number of carbonyl (C=O) groups is 2. The molecule has 0 atom stereocenters. The number of hydrogen-bond acceptors (Lipinski definition) is 4. The van der Waals surface area contributed by atoms with Crippen LogP contribution in [-0.2, 0) is 19.1 Å². The highest BCUT2D eigenvalue weighted by Gasteiger charge is 2.47. The molecule has 0 aliphatic heterocycles. The van der Waals surface area contributed by atoms with E-state index in [0.29, 0.717) is 25.7 Å². The van der Waals surface area contributed by atoms with Crippen LogP contribution in [0.3, 0.4) is 0 Å². The molecule has 0 rings (SSSR count). The van der Waals surface area contributed by atoms with E-state index in [1.165, 1.54) is 14.2 Å². The van der Waals surface area contributed by atoms with Crippen molar-refractivity contribution in [3.05, 3.63) is 0 Å². The minimum absolute atomic E-state index is 0.0486. The van der Waals surface area contributed by atoms with Gasteiger partial charge in [0.05, 0.1) is 14.2 Å². The predicted molar refractivity (Wildman–Crippen MR) is 84.2 cm³/mol. The second kappa shape index (κ2) is 11.3. The van der Waals surface area contributed by atoms with Crippen LogP contribution in [0.4, 0.5) is 0 Å². The standard InChI is InChI=1S/C18H22O4/c1-5-7-9-11-13-15-18(16(19)21-3,17(20)22-4)14-12-10-8-6-2/h1-2H,7-10,12,14-15H2,3-4H3. The molecule has 22 heavy (non-hydrogen) atoms. The van der Waals surface area contributed by atoms with Crippen molar-refractivity contribution in [1.82, 2.24) is 0 Å². The number of terminal acetylenes is 2. The number of unbranched alkanes of at least 4 members (excludes halogenated alkanes) is 3. The third-order valence-corrected chi connectivity index (χ3v) is 3.24. The van der Waals surface area contributed by atoms with Gasteiger partial charge in [0, 0.05) is 25.7 Å². The van der Waals surface area contributed by atoms with Gasteiger partial charge in [-0.25, -0.2) is 0 Å². The zero-order chi connectivity index (χ0) is 16.8. The van der Waals surface area contributed by atoms with Crippen LogP contribution in [0, 0.1) is 41.9 Å². The SMILES string of the molecule is C#CCCC#CCC(CCCCC#C)(C(=O)OC)C(=O)OC. The molecule has 0 heterocycles. The van der Waals surface area contributed by atoms with Gasteiger partial charge < -0.3 is 9.47 Å². The van der Waals surface area contributed by atoms with E-state index in [9.17, 15) is 9.59 Å². The molecule has 0 aromatic carbocycles. The Morgan fingerprint density at radius 3 is 2.00 bits per heavy atom. The summed E-state index contributed by atoms with van der Waals surface area (Å²) < 4.78 is 9.59. The number of esters is 2. The van der Waals surface area contributed by atoms with Gasteiger partial charge >= 0.3 is 11.9 Å². The summed E-state index contributed by atoms with van der Waals surface area (Å²) >= 11 is 0. The molecule has 0 saturated carbocycles. The third kappa shape index (κ3) is 5.94. The van der Waals surface area contributed by atoms with E-state index in [1.807, 2.05) is 0 Å². The Balaban J connectivity index is 5.15. The van der Waals surface area contributed by atoms with E-state index in [1.54, 1.807) is 0 Å². The molecule has 0 aromatic heterocycles. The number of ether oxygens (including phenoxy) is 2. The van der Waals surface area contributed by atoms with Gasteiger partial charge in [0.2, 0.25) is 0 Å². The summed E-state index contributed by atoms with van der Waals surface area (Å²) in [6.07, 6.45) is 13.7. The Labute approximate surface area is 132 Å². The first-order valence-electron chi connectivity index (χ1n) is 7.08. The third-order valence-electron chi connectivity index (χ3n) is 3.24. The highest BCUT2D eigenvalue weighted by molar-refractivity contribution is 6.00. The summed E-state index contributed by atoms with van der Waals surface area (Å²) in [5.74, 6) is 9.44. The molecule has 0 amide bonds. The van der Waals surface area contributed by atoms with E-state index in [2.05, 4.69) is 23.7 Å². The zero-order valence-electron chi connectivity index (χ0n) is 13.2. The lowest BCUT2D eigenvalue weighted by Gasteiger charge is -2.26. The summed E-state index contributed by atoms with van der Waals surface area (Å²) in [5, 5.41) is 0. The molecule has 0 unspecified atom stereocenters. The van der Waals surface area contributed by atoms with Crippen molar-refractivity contribution in [2.75, 3.05) is 14.2 Å². The van der Waals surface area contributed by atoms with E-state index in [-0.39, 0.29) is 12.8 Å². The zero-order valence-corrected chi connectivity index (χ0v) is 13.2. The average molecular weight is 302 g/mol. The fourth-order valence-electron chi connectivity index (χ4n) is 2.00. The number of rotatable bonds is 8. The van der Waals surface area contributed by atoms with Crippen LogP contribution >= 0.6 is 0 Å². The van der Waals surface area contributed by atoms with Crippen LogP contribution in [0.15, 0.2) is 0 Å². The minimum atomic E-state index is -1.40. The summed E-state index contributed by atoms with van der Waals surface area (Å²) in [6, 6.07) is 0. The molecule has 0 aliphatic rings. The Bertz CT molecular complexity index is 492. The lowest BCUT2D eigenvalue weighted by atomic mass is 9.79. The van der Waals surface area contributed by atoms with Crippen molar-refractivity contribution in [3.8, 4) is 36.5 Å². The molecule has 0 spiro atoms. The molecule has 0 N–H and O–H groups in total. The molecule has 0 bridgehead atoms. The molecular formula is C18H22O4. The Morgan fingerprint density at radius 2 is 1.50 bits per heavy atom. The average Bonchev–Trinajstić information content (AvgIpc) is 2.55. The van der Waals surface area contributed by atoms with E-state index in [0.717, 1.165) is 6.42 Å². The fourth-order valence-corrected chi connectivity index (χ4v) is 2.00. The van der Waals surface area contributed by atoms with Crippen LogP contribution in [-0.4, -0.2) is 26.2 Å². The second-order valence-corrected chi connectivity index (χ2v) is 4.71. The first kappa shape index (κ1) is 19.6. The molecular weight excluding hydrogens is 280 g/mol. The largest absolute Gasteiger partial charge is 0.468 e. The van der Waals surface area contributed by atoms with Gasteiger partial charge in [-0.05, 0) is 12.8 Å². The van der Waals surface area contributed by atoms with Gasteiger partial charge in [0.15, 0.2) is 5.41 Å². The number of methoxy groups -OCH3 is 2. The molecule has 0 aromatic rings. The van der Waals surface area contributed by atoms with Crippen LogP contribution in [0.1, 0.15) is 44.9 Å². The van der Waals surface area contributed by atoms with Crippen LogP contribution in [0.25, 0.3) is 0 Å². The van der Waals surface area contributed by atoms with E-state index in [4.69, 9.17) is 22.3 Å². The maximum atomic E-state index is 12.2. The van der Waals surface area contributed by atoms with Gasteiger partial charge in [-0.3, -0.25) is 9.59 Å². The maximum Gasteiger partial charge on any atom is 0.324 e. The normalized spacial score (nSPS) is 9.64. The Morgan fingerprint density at radius 1 is 0.909 bits per heavy atom. The van der Waals surface area contributed by atoms with Crippen molar-refractivity contribution in [1.29, 1.82) is 0 Å². The van der Waals surface area contributed by atoms with Crippen molar-refractivity contribution in [2.45, 2.75) is 44.9 Å². The van der Waals surface area contributed by atoms with Crippen molar-refractivity contribution in [3.63, 3.8) is 0 Å². The Kier molecular flexibility index (Phi) is 10.1. The monoisotopic (exact) mass is 302 g/mol. The van der Waals surface area contributed by atoms with Crippen LogP contribution in [0.5, 0.6) is 0 Å². The molecule has 0 fully saturated rings. The second-order valence-electron chi connectivity index (χ2n) is 4.71. The summed E-state index contributed by atoms with van der Waals surface area (Å²) in [5.41, 5.74) is -1.40. The first-order valence-corrected chi connectivity index (χ1v) is 7.08. The minimum Gasteiger partial charge on any atom is -0.468 e. The smallest absolute Gasteiger partial charge is 0.324 e. The lowest BCUT2D eigenvalue weighted by Crippen LogP contribution is -2.41. The Hall–Kier alpha value is -2.38. The highest BCUT2D eigenvalue weighted by atomic mass is 16.5. The van der Waals surface area contributed by atoms with Crippen molar-refractivity contribution < 1.29 is 19.1 Å². The van der Waals surface area contributed by atoms with E-state index < -0.39 is 17.4 Å². The number of carbonyl (C=O) groups excluding carboxylic acids is 2. The van der Waals surface area contributed by atoms with E-state index >= 15 is 0 Å². The molecule has 4 heteroatoms. The molecule has 0 saturated heterocycles.